The molecule has 1 aromatic heterocycles. The van der Waals surface area contributed by atoms with Gasteiger partial charge >= 0.3 is 5.97 Å². The number of fused-ring (bicyclic) bond motifs is 1. The third-order valence-corrected chi connectivity index (χ3v) is 5.31. The van der Waals surface area contributed by atoms with Crippen LogP contribution in [0.3, 0.4) is 0 Å². The monoisotopic (exact) mass is 439 g/mol. The minimum atomic E-state index is -1.36. The van der Waals surface area contributed by atoms with Gasteiger partial charge in [0.05, 0.1) is 16.5 Å². The van der Waals surface area contributed by atoms with Crippen molar-refractivity contribution in [1.82, 2.24) is 4.57 Å². The fourth-order valence-corrected chi connectivity index (χ4v) is 3.75. The number of aromatic hydroxyl groups is 1. The summed E-state index contributed by atoms with van der Waals surface area (Å²) in [5.74, 6) is -8.10. The van der Waals surface area contributed by atoms with Gasteiger partial charge in [0.15, 0.2) is 17.4 Å². The fourth-order valence-electron chi connectivity index (χ4n) is 3.64. The first-order valence-corrected chi connectivity index (χ1v) is 9.42. The van der Waals surface area contributed by atoms with Crippen molar-refractivity contribution in [3.8, 4) is 5.75 Å². The van der Waals surface area contributed by atoms with Crippen LogP contribution >= 0.6 is 11.6 Å². The third-order valence-electron chi connectivity index (χ3n) is 5.00. The van der Waals surface area contributed by atoms with Gasteiger partial charge in [-0.3, -0.25) is 14.2 Å². The number of carboxylic acid groups (broad SMARTS) is 1. The van der Waals surface area contributed by atoms with E-state index in [-0.39, 0.29) is 39.2 Å². The van der Waals surface area contributed by atoms with Crippen LogP contribution in [0.5, 0.6) is 5.75 Å². The SMILES string of the molecule is CCCC(C(=O)O)c1c(C)n(C(=O)c2ccc(Cl)c(F)c2)c2cc(F)c(O)c(F)c12. The second kappa shape index (κ2) is 8.02. The largest absolute Gasteiger partial charge is 0.503 e. The van der Waals surface area contributed by atoms with Crippen LogP contribution in [0, 0.1) is 24.4 Å². The number of aliphatic carboxylic acids is 1. The zero-order valence-electron chi connectivity index (χ0n) is 16.0. The smallest absolute Gasteiger partial charge is 0.311 e. The maximum Gasteiger partial charge on any atom is 0.311 e. The number of rotatable bonds is 5. The second-order valence-electron chi connectivity index (χ2n) is 6.86. The average Bonchev–Trinajstić information content (AvgIpc) is 2.97. The van der Waals surface area contributed by atoms with Crippen molar-refractivity contribution in [2.45, 2.75) is 32.6 Å². The Bertz CT molecular complexity index is 1190. The molecule has 2 aromatic carbocycles. The number of aromatic nitrogens is 1. The first kappa shape index (κ1) is 21.7. The van der Waals surface area contributed by atoms with Crippen LogP contribution in [0.2, 0.25) is 5.02 Å². The van der Waals surface area contributed by atoms with Crippen LogP contribution < -0.4 is 0 Å². The molecule has 0 saturated carbocycles. The van der Waals surface area contributed by atoms with Crippen molar-refractivity contribution in [1.29, 1.82) is 0 Å². The summed E-state index contributed by atoms with van der Waals surface area (Å²) in [6.45, 7) is 3.12. The van der Waals surface area contributed by atoms with Crippen molar-refractivity contribution in [3.63, 3.8) is 0 Å². The molecule has 0 spiro atoms. The van der Waals surface area contributed by atoms with Crippen LogP contribution in [0.4, 0.5) is 13.2 Å². The third kappa shape index (κ3) is 3.41. The van der Waals surface area contributed by atoms with E-state index in [1.807, 2.05) is 0 Å². The zero-order valence-corrected chi connectivity index (χ0v) is 16.7. The van der Waals surface area contributed by atoms with Gasteiger partial charge in [0, 0.05) is 22.7 Å². The molecule has 158 valence electrons. The molecule has 9 heteroatoms. The van der Waals surface area contributed by atoms with E-state index >= 15 is 0 Å². The van der Waals surface area contributed by atoms with E-state index in [9.17, 15) is 33.0 Å². The standard InChI is InChI=1S/C21H17ClF3NO4/c1-3-4-11(21(29)30)16-9(2)26(15-8-14(24)19(27)18(25)17(15)16)20(28)10-5-6-12(22)13(23)7-10/h5-8,11,27H,3-4H2,1-2H3,(H,29,30). The molecule has 1 heterocycles. The molecule has 2 N–H and O–H groups in total. The van der Waals surface area contributed by atoms with Gasteiger partial charge in [0.2, 0.25) is 0 Å². The number of phenolic OH excluding ortho intramolecular Hbond substituents is 1. The van der Waals surface area contributed by atoms with E-state index in [2.05, 4.69) is 0 Å². The maximum absolute atomic E-state index is 14.9. The molecule has 0 aliphatic carbocycles. The minimum Gasteiger partial charge on any atom is -0.503 e. The molecular weight excluding hydrogens is 423 g/mol. The van der Waals surface area contributed by atoms with Crippen molar-refractivity contribution in [2.75, 3.05) is 0 Å². The number of halogens is 4. The quantitative estimate of drug-likeness (QED) is 0.559. The lowest BCUT2D eigenvalue weighted by atomic mass is 9.92. The molecule has 30 heavy (non-hydrogen) atoms. The molecular formula is C21H17ClF3NO4. The summed E-state index contributed by atoms with van der Waals surface area (Å²) < 4.78 is 43.8. The molecule has 0 saturated heterocycles. The lowest BCUT2D eigenvalue weighted by Crippen LogP contribution is -2.16. The summed E-state index contributed by atoms with van der Waals surface area (Å²) in [6, 6.07) is 4.03. The van der Waals surface area contributed by atoms with E-state index in [4.69, 9.17) is 11.6 Å². The molecule has 0 bridgehead atoms. The van der Waals surface area contributed by atoms with Gasteiger partial charge in [0.1, 0.15) is 5.82 Å². The lowest BCUT2D eigenvalue weighted by Gasteiger charge is -2.13. The highest BCUT2D eigenvalue weighted by molar-refractivity contribution is 6.30. The first-order valence-electron chi connectivity index (χ1n) is 9.04. The van der Waals surface area contributed by atoms with Gasteiger partial charge < -0.3 is 10.2 Å². The summed E-state index contributed by atoms with van der Waals surface area (Å²) in [7, 11) is 0. The van der Waals surface area contributed by atoms with Crippen molar-refractivity contribution in [3.05, 3.63) is 63.6 Å². The molecule has 0 fully saturated rings. The number of hydrogen-bond acceptors (Lipinski definition) is 3. The predicted molar refractivity (Wildman–Crippen MR) is 105 cm³/mol. The highest BCUT2D eigenvalue weighted by Crippen LogP contribution is 2.40. The molecule has 3 rings (SSSR count). The fraction of sp³-hybridized carbons (Fsp3) is 0.238. The summed E-state index contributed by atoms with van der Waals surface area (Å²) in [5, 5.41) is 18.8. The lowest BCUT2D eigenvalue weighted by molar-refractivity contribution is -0.139. The van der Waals surface area contributed by atoms with Gasteiger partial charge in [0.25, 0.3) is 5.91 Å². The number of carboxylic acids is 1. The van der Waals surface area contributed by atoms with Crippen LogP contribution in [0.15, 0.2) is 24.3 Å². The van der Waals surface area contributed by atoms with Crippen LogP contribution in [-0.2, 0) is 4.79 Å². The molecule has 3 aromatic rings. The van der Waals surface area contributed by atoms with E-state index < -0.39 is 41.0 Å². The van der Waals surface area contributed by atoms with Gasteiger partial charge in [-0.1, -0.05) is 24.9 Å². The van der Waals surface area contributed by atoms with Crippen molar-refractivity contribution in [2.24, 2.45) is 0 Å². The summed E-state index contributed by atoms with van der Waals surface area (Å²) >= 11 is 5.65. The molecule has 0 amide bonds. The van der Waals surface area contributed by atoms with E-state index in [1.165, 1.54) is 13.0 Å². The molecule has 0 aliphatic heterocycles. The Morgan fingerprint density at radius 3 is 2.40 bits per heavy atom. The Kier molecular flexibility index (Phi) is 5.81. The number of hydrogen-bond donors (Lipinski definition) is 2. The van der Waals surface area contributed by atoms with Gasteiger partial charge in [-0.05, 0) is 37.1 Å². The van der Waals surface area contributed by atoms with Gasteiger partial charge in [-0.25, -0.2) is 13.2 Å². The first-order chi connectivity index (χ1) is 14.1. The number of nitrogens with zero attached hydrogens (tertiary/aromatic N) is 1. The predicted octanol–water partition coefficient (Wildman–Crippen LogP) is 5.38. The average molecular weight is 440 g/mol. The van der Waals surface area contributed by atoms with E-state index in [1.54, 1.807) is 6.92 Å². The topological polar surface area (TPSA) is 79.5 Å². The normalized spacial score (nSPS) is 12.3. The molecule has 1 unspecified atom stereocenters. The Hall–Kier alpha value is -3.00. The molecule has 1 atom stereocenters. The molecule has 0 aliphatic rings. The highest BCUT2D eigenvalue weighted by Gasteiger charge is 2.32. The Morgan fingerprint density at radius 1 is 1.17 bits per heavy atom. The van der Waals surface area contributed by atoms with Crippen molar-refractivity contribution < 1.29 is 33.0 Å². The number of carbonyl (C=O) groups excluding carboxylic acids is 1. The molecule has 0 radical (unpaired) electrons. The zero-order chi connectivity index (χ0) is 22.3. The van der Waals surface area contributed by atoms with Gasteiger partial charge in [-0.2, -0.15) is 0 Å². The van der Waals surface area contributed by atoms with E-state index in [0.29, 0.717) is 6.42 Å². The van der Waals surface area contributed by atoms with Gasteiger partial charge in [-0.15, -0.1) is 0 Å². The number of carbonyl (C=O) groups is 2. The molecule has 5 nitrogen and oxygen atoms in total. The number of phenols is 1. The summed E-state index contributed by atoms with van der Waals surface area (Å²) in [6.07, 6.45) is 0.560. The van der Waals surface area contributed by atoms with Crippen LogP contribution in [0.1, 0.15) is 47.3 Å². The Balaban J connectivity index is 2.40. The number of benzene rings is 2. The maximum atomic E-state index is 14.9. The highest BCUT2D eigenvalue weighted by atomic mass is 35.5. The summed E-state index contributed by atoms with van der Waals surface area (Å²) in [4.78, 5) is 25.0. The van der Waals surface area contributed by atoms with Crippen molar-refractivity contribution >= 4 is 34.4 Å². The minimum absolute atomic E-state index is 0.0464. The second-order valence-corrected chi connectivity index (χ2v) is 7.27. The van der Waals surface area contributed by atoms with E-state index in [0.717, 1.165) is 22.8 Å². The summed E-state index contributed by atoms with van der Waals surface area (Å²) in [5.41, 5.74) is -0.414. The Morgan fingerprint density at radius 2 is 1.83 bits per heavy atom. The van der Waals surface area contributed by atoms with Crippen LogP contribution in [0.25, 0.3) is 10.9 Å². The Labute approximate surface area is 174 Å². The van der Waals surface area contributed by atoms with Crippen LogP contribution in [-0.4, -0.2) is 26.7 Å².